The van der Waals surface area contributed by atoms with E-state index in [0.29, 0.717) is 29.5 Å². The number of aliphatic hydroxyl groups is 5. The first-order valence-corrected chi connectivity index (χ1v) is 18.0. The number of aldehydes is 1. The van der Waals surface area contributed by atoms with Gasteiger partial charge in [0.2, 0.25) is 0 Å². The summed E-state index contributed by atoms with van der Waals surface area (Å²) in [5.41, 5.74) is 0.962. The van der Waals surface area contributed by atoms with Gasteiger partial charge >= 0.3 is 5.97 Å². The molecule has 2 aliphatic rings. The maximum Gasteiger partial charge on any atom is 0.306 e. The van der Waals surface area contributed by atoms with Crippen LogP contribution in [0, 0.1) is 23.7 Å². The predicted octanol–water partition coefficient (Wildman–Crippen LogP) is 5.79. The fourth-order valence-electron chi connectivity index (χ4n) is 5.75. The SMILES string of the molecule is CC/C=C/C(O)C(Cl)C(O)CC(O)C(O)C(O)C(C)/C(Br)=C/C=C/C=C(C)/C=C/C=C/C=O.COC1CC(C(=O)O)CCC1C1CCC1. The van der Waals surface area contributed by atoms with Gasteiger partial charge in [0, 0.05) is 23.9 Å². The third kappa shape index (κ3) is 15.8. The average molecular weight is 760 g/mol. The number of carbonyl (C=O) groups is 2. The second-order valence-electron chi connectivity index (χ2n) is 12.6. The summed E-state index contributed by atoms with van der Waals surface area (Å²) in [6.07, 6.45) is 18.1. The molecule has 0 aliphatic heterocycles. The lowest BCUT2D eigenvalue weighted by atomic mass is 9.67. The molecule has 0 aromatic rings. The highest BCUT2D eigenvalue weighted by molar-refractivity contribution is 9.11. The zero-order valence-electron chi connectivity index (χ0n) is 28.5. The largest absolute Gasteiger partial charge is 0.481 e. The summed E-state index contributed by atoms with van der Waals surface area (Å²) >= 11 is 9.41. The Morgan fingerprint density at radius 3 is 2.19 bits per heavy atom. The molecule has 9 nitrogen and oxygen atoms in total. The number of hydrogen-bond acceptors (Lipinski definition) is 8. The molecule has 0 radical (unpaired) electrons. The molecule has 0 bridgehead atoms. The van der Waals surface area contributed by atoms with Gasteiger partial charge in [-0.15, -0.1) is 11.6 Å². The Kier molecular flexibility index (Phi) is 22.3. The number of carboxylic acid groups (broad SMARTS) is 1. The molecule has 0 saturated heterocycles. The molecule has 11 heteroatoms. The van der Waals surface area contributed by atoms with Crippen LogP contribution in [0.15, 0.2) is 70.8 Å². The van der Waals surface area contributed by atoms with Crippen molar-refractivity contribution < 1.29 is 45.0 Å². The summed E-state index contributed by atoms with van der Waals surface area (Å²) in [6.45, 7) is 5.47. The van der Waals surface area contributed by atoms with E-state index in [4.69, 9.17) is 21.4 Å². The molecule has 2 fully saturated rings. The van der Waals surface area contributed by atoms with Crippen molar-refractivity contribution in [2.75, 3.05) is 7.11 Å². The number of aliphatic carboxylic acids is 1. The molecule has 2 rings (SSSR count). The maximum absolute atomic E-state index is 10.9. The normalized spacial score (nSPS) is 25.7. The van der Waals surface area contributed by atoms with Gasteiger partial charge in [-0.1, -0.05) is 109 Å². The number of halogens is 2. The second kappa shape index (κ2) is 24.3. The third-order valence-electron chi connectivity index (χ3n) is 9.07. The van der Waals surface area contributed by atoms with Crippen LogP contribution in [0.2, 0.25) is 0 Å². The molecule has 272 valence electrons. The molecule has 0 spiro atoms. The first-order valence-electron chi connectivity index (χ1n) is 16.7. The highest BCUT2D eigenvalue weighted by atomic mass is 79.9. The zero-order valence-corrected chi connectivity index (χ0v) is 30.9. The molecule has 2 saturated carbocycles. The number of carbonyl (C=O) groups excluding carboxylic acids is 1. The minimum Gasteiger partial charge on any atom is -0.481 e. The Labute approximate surface area is 299 Å². The molecular weight excluding hydrogens is 704 g/mol. The van der Waals surface area contributed by atoms with Gasteiger partial charge < -0.3 is 35.4 Å². The first kappa shape index (κ1) is 44.1. The second-order valence-corrected chi connectivity index (χ2v) is 14.0. The van der Waals surface area contributed by atoms with Gasteiger partial charge in [-0.2, -0.15) is 0 Å². The van der Waals surface area contributed by atoms with Crippen LogP contribution in [-0.4, -0.2) is 92.0 Å². The number of hydrogen-bond donors (Lipinski definition) is 6. The lowest BCUT2D eigenvalue weighted by Crippen LogP contribution is -2.44. The molecule has 0 amide bonds. The molecule has 0 aromatic carbocycles. The summed E-state index contributed by atoms with van der Waals surface area (Å²) in [7, 11) is 1.72. The van der Waals surface area contributed by atoms with E-state index in [2.05, 4.69) is 15.9 Å². The third-order valence-corrected chi connectivity index (χ3v) is 10.6. The topological polar surface area (TPSA) is 165 Å². The predicted molar refractivity (Wildman–Crippen MR) is 194 cm³/mol. The highest BCUT2D eigenvalue weighted by Gasteiger charge is 2.39. The van der Waals surface area contributed by atoms with E-state index in [1.807, 2.05) is 26.0 Å². The first-order chi connectivity index (χ1) is 22.8. The summed E-state index contributed by atoms with van der Waals surface area (Å²) in [6, 6.07) is 0. The number of alkyl halides is 1. The van der Waals surface area contributed by atoms with Crippen LogP contribution in [-0.2, 0) is 14.3 Å². The maximum atomic E-state index is 10.9. The Bertz CT molecular complexity index is 1130. The lowest BCUT2D eigenvalue weighted by Gasteiger charge is -2.42. The summed E-state index contributed by atoms with van der Waals surface area (Å²) in [5.74, 6) is 0.0687. The number of allylic oxidation sites excluding steroid dienone is 10. The Morgan fingerprint density at radius 2 is 1.62 bits per heavy atom. The van der Waals surface area contributed by atoms with E-state index in [1.165, 1.54) is 31.4 Å². The quantitative estimate of drug-likeness (QED) is 0.0334. The van der Waals surface area contributed by atoms with E-state index in [9.17, 15) is 35.1 Å². The van der Waals surface area contributed by atoms with E-state index in [-0.39, 0.29) is 18.4 Å². The van der Waals surface area contributed by atoms with Gasteiger partial charge in [-0.3, -0.25) is 9.59 Å². The molecule has 10 atom stereocenters. The number of methoxy groups -OCH3 is 1. The fourth-order valence-corrected chi connectivity index (χ4v) is 6.36. The smallest absolute Gasteiger partial charge is 0.306 e. The minimum atomic E-state index is -1.53. The van der Waals surface area contributed by atoms with Gasteiger partial charge in [0.1, 0.15) is 12.4 Å². The summed E-state index contributed by atoms with van der Waals surface area (Å²) < 4.78 is 6.08. The van der Waals surface area contributed by atoms with Gasteiger partial charge in [-0.25, -0.2) is 0 Å². The standard InChI is InChI=1S/C25H36BrClO6.C12H20O3/c1-4-5-14-20(29)23(27)21(30)16-22(31)25(33)24(32)18(3)19(26)13-9-8-12-17(2)11-7-6-10-15-28;1-15-11-7-9(12(13)14)5-6-10(11)8-3-2-4-8/h5-15,18,20-25,29-33H,4,16H2,1-3H3;8-11H,2-7H2,1H3,(H,13,14)/b9-8+,10-6+,11-7+,14-5+,17-12+,19-13-;. The van der Waals surface area contributed by atoms with Crippen molar-refractivity contribution in [3.63, 3.8) is 0 Å². The van der Waals surface area contributed by atoms with Gasteiger partial charge in [0.05, 0.1) is 41.8 Å². The van der Waals surface area contributed by atoms with Crippen molar-refractivity contribution in [1.82, 2.24) is 0 Å². The van der Waals surface area contributed by atoms with E-state index in [0.717, 1.165) is 24.3 Å². The fraction of sp³-hybridized carbons (Fsp3) is 0.622. The van der Waals surface area contributed by atoms with Gasteiger partial charge in [-0.05, 0) is 50.5 Å². The molecule has 10 unspecified atom stereocenters. The van der Waals surface area contributed by atoms with Crippen LogP contribution in [0.1, 0.15) is 72.1 Å². The molecule has 0 heterocycles. The molecule has 48 heavy (non-hydrogen) atoms. The van der Waals surface area contributed by atoms with E-state index in [1.54, 1.807) is 50.5 Å². The number of aliphatic hydroxyl groups excluding tert-OH is 5. The van der Waals surface area contributed by atoms with Crippen molar-refractivity contribution in [2.24, 2.45) is 23.7 Å². The van der Waals surface area contributed by atoms with Crippen LogP contribution >= 0.6 is 27.5 Å². The number of rotatable bonds is 18. The minimum absolute atomic E-state index is 0.175. The van der Waals surface area contributed by atoms with Crippen LogP contribution < -0.4 is 0 Å². The van der Waals surface area contributed by atoms with Crippen molar-refractivity contribution in [2.45, 2.75) is 114 Å². The van der Waals surface area contributed by atoms with Crippen molar-refractivity contribution >= 4 is 39.8 Å². The zero-order chi connectivity index (χ0) is 36.2. The average Bonchev–Trinajstić information content (AvgIpc) is 3.05. The van der Waals surface area contributed by atoms with Crippen LogP contribution in [0.4, 0.5) is 0 Å². The monoisotopic (exact) mass is 758 g/mol. The molecule has 2 aliphatic carbocycles. The van der Waals surface area contributed by atoms with E-state index < -0.39 is 47.8 Å². The van der Waals surface area contributed by atoms with E-state index >= 15 is 0 Å². The molecular formula is C37H56BrClO9. The van der Waals surface area contributed by atoms with Crippen molar-refractivity contribution in [3.8, 4) is 0 Å². The molecule has 0 aromatic heterocycles. The number of ether oxygens (including phenoxy) is 1. The Hall–Kier alpha value is -1.89. The molecule has 6 N–H and O–H groups in total. The van der Waals surface area contributed by atoms with Crippen LogP contribution in [0.5, 0.6) is 0 Å². The van der Waals surface area contributed by atoms with Gasteiger partial charge in [0.25, 0.3) is 0 Å². The van der Waals surface area contributed by atoms with Crippen molar-refractivity contribution in [3.05, 3.63) is 70.8 Å². The summed E-state index contributed by atoms with van der Waals surface area (Å²) in [5, 5.41) is 59.1. The highest BCUT2D eigenvalue weighted by Crippen LogP contribution is 2.43. The Morgan fingerprint density at radius 1 is 0.958 bits per heavy atom. The summed E-state index contributed by atoms with van der Waals surface area (Å²) in [4.78, 5) is 21.1. The van der Waals surface area contributed by atoms with Gasteiger partial charge in [0.15, 0.2) is 0 Å². The van der Waals surface area contributed by atoms with Crippen LogP contribution in [0.25, 0.3) is 0 Å². The van der Waals surface area contributed by atoms with Crippen LogP contribution in [0.3, 0.4) is 0 Å². The lowest BCUT2D eigenvalue weighted by molar-refractivity contribution is -0.146. The van der Waals surface area contributed by atoms with Crippen molar-refractivity contribution in [1.29, 1.82) is 0 Å². The Balaban J connectivity index is 0.000000628. The number of carboxylic acids is 1.